The minimum absolute atomic E-state index is 0.251. The van der Waals surface area contributed by atoms with Crippen molar-refractivity contribution in [2.24, 2.45) is 0 Å². The molecule has 0 unspecified atom stereocenters. The topological polar surface area (TPSA) is 81.6 Å². The molecule has 1 aromatic heterocycles. The summed E-state index contributed by atoms with van der Waals surface area (Å²) >= 11 is 3.45. The molecule has 1 fully saturated rings. The second-order valence-electron chi connectivity index (χ2n) is 5.62. The highest BCUT2D eigenvalue weighted by atomic mass is 79.9. The molecule has 0 atom stereocenters. The van der Waals surface area contributed by atoms with Crippen LogP contribution in [0, 0.1) is 25.2 Å². The van der Waals surface area contributed by atoms with E-state index in [1.807, 2.05) is 26.0 Å². The molecule has 3 rings (SSSR count). The number of halogens is 1. The fourth-order valence-corrected chi connectivity index (χ4v) is 2.88. The summed E-state index contributed by atoms with van der Waals surface area (Å²) in [5.74, 6) is 0.442. The van der Waals surface area contributed by atoms with Crippen molar-refractivity contribution in [2.75, 3.05) is 5.32 Å². The predicted octanol–water partition coefficient (Wildman–Crippen LogP) is 3.79. The fraction of sp³-hybridized carbons (Fsp3) is 0.312. The third kappa shape index (κ3) is 2.64. The number of benzene rings is 1. The maximum atomic E-state index is 12.5. The van der Waals surface area contributed by atoms with Crippen molar-refractivity contribution in [2.45, 2.75) is 32.6 Å². The Morgan fingerprint density at radius 2 is 2.14 bits per heavy atom. The van der Waals surface area contributed by atoms with Crippen LogP contribution in [0.4, 0.5) is 5.82 Å². The van der Waals surface area contributed by atoms with Gasteiger partial charge >= 0.3 is 0 Å². The van der Waals surface area contributed by atoms with Gasteiger partial charge < -0.3 is 5.32 Å². The van der Waals surface area contributed by atoms with Crippen LogP contribution < -0.4 is 5.32 Å². The molecule has 1 aliphatic carbocycles. The maximum Gasteiger partial charge on any atom is 0.257 e. The summed E-state index contributed by atoms with van der Waals surface area (Å²) in [6, 6.07) is 5.88. The number of anilines is 1. The SMILES string of the molecule is Cc1cc(C(=O)Nc2n[nH]c(C3CC3)c2C#N)c(C)cc1Br. The third-order valence-electron chi connectivity index (χ3n) is 3.87. The van der Waals surface area contributed by atoms with Crippen molar-refractivity contribution >= 4 is 27.7 Å². The van der Waals surface area contributed by atoms with Crippen LogP contribution in [-0.4, -0.2) is 16.1 Å². The first-order valence-corrected chi connectivity index (χ1v) is 7.87. The molecule has 6 heteroatoms. The summed E-state index contributed by atoms with van der Waals surface area (Å²) in [6.45, 7) is 3.81. The zero-order chi connectivity index (χ0) is 15.9. The quantitative estimate of drug-likeness (QED) is 0.875. The van der Waals surface area contributed by atoms with E-state index in [9.17, 15) is 10.1 Å². The van der Waals surface area contributed by atoms with Gasteiger partial charge in [-0.2, -0.15) is 10.4 Å². The molecule has 1 amide bonds. The van der Waals surface area contributed by atoms with Gasteiger partial charge in [0.1, 0.15) is 11.6 Å². The molecule has 22 heavy (non-hydrogen) atoms. The number of hydrogen-bond acceptors (Lipinski definition) is 3. The second-order valence-corrected chi connectivity index (χ2v) is 6.47. The number of carbonyl (C=O) groups excluding carboxylic acids is 1. The first kappa shape index (κ1) is 14.8. The highest BCUT2D eigenvalue weighted by Crippen LogP contribution is 2.41. The molecule has 2 N–H and O–H groups in total. The molecular weight excluding hydrogens is 344 g/mol. The molecule has 1 aliphatic rings. The van der Waals surface area contributed by atoms with Gasteiger partial charge in [-0.15, -0.1) is 0 Å². The Morgan fingerprint density at radius 3 is 2.77 bits per heavy atom. The van der Waals surface area contributed by atoms with Crippen LogP contribution in [0.2, 0.25) is 0 Å². The van der Waals surface area contributed by atoms with Crippen molar-refractivity contribution in [3.63, 3.8) is 0 Å². The van der Waals surface area contributed by atoms with Crippen LogP contribution in [0.3, 0.4) is 0 Å². The molecule has 2 aromatic rings. The number of carbonyl (C=O) groups is 1. The zero-order valence-electron chi connectivity index (χ0n) is 12.3. The van der Waals surface area contributed by atoms with Crippen molar-refractivity contribution < 1.29 is 4.79 Å². The van der Waals surface area contributed by atoms with Gasteiger partial charge in [-0.3, -0.25) is 9.89 Å². The maximum absolute atomic E-state index is 12.5. The minimum atomic E-state index is -0.251. The Kier molecular flexibility index (Phi) is 3.75. The summed E-state index contributed by atoms with van der Waals surface area (Å²) in [5, 5.41) is 19.0. The molecule has 112 valence electrons. The number of aromatic nitrogens is 2. The molecule has 0 aliphatic heterocycles. The fourth-order valence-electron chi connectivity index (χ4n) is 2.43. The minimum Gasteiger partial charge on any atom is -0.304 e. The van der Waals surface area contributed by atoms with E-state index in [2.05, 4.69) is 37.5 Å². The number of amides is 1. The summed E-state index contributed by atoms with van der Waals surface area (Å²) in [4.78, 5) is 12.5. The Bertz CT molecular complexity index is 799. The van der Waals surface area contributed by atoms with Crippen LogP contribution in [0.25, 0.3) is 0 Å². The van der Waals surface area contributed by atoms with Gasteiger partial charge in [-0.25, -0.2) is 0 Å². The van der Waals surface area contributed by atoms with Crippen LogP contribution in [0.1, 0.15) is 51.5 Å². The molecule has 1 heterocycles. The number of H-pyrrole nitrogens is 1. The first-order valence-electron chi connectivity index (χ1n) is 7.07. The second kappa shape index (κ2) is 5.58. The standard InChI is InChI=1S/C16H15BrN4O/c1-8-6-13(17)9(2)5-11(8)16(22)19-15-12(7-18)14(20-21-15)10-3-4-10/h5-6,10H,3-4H2,1-2H3,(H2,19,20,21,22). The molecule has 0 bridgehead atoms. The van der Waals surface area contributed by atoms with E-state index in [1.54, 1.807) is 0 Å². The van der Waals surface area contributed by atoms with Crippen molar-refractivity contribution in [1.82, 2.24) is 10.2 Å². The number of aromatic amines is 1. The number of nitrogens with one attached hydrogen (secondary N) is 2. The average molecular weight is 359 g/mol. The van der Waals surface area contributed by atoms with Crippen molar-refractivity contribution in [1.29, 1.82) is 5.26 Å². The van der Waals surface area contributed by atoms with E-state index in [0.717, 1.165) is 34.1 Å². The van der Waals surface area contributed by atoms with Gasteiger partial charge in [0.05, 0.1) is 5.69 Å². The lowest BCUT2D eigenvalue weighted by atomic mass is 10.0. The molecule has 0 spiro atoms. The lowest BCUT2D eigenvalue weighted by Gasteiger charge is -2.08. The number of nitriles is 1. The van der Waals surface area contributed by atoms with Gasteiger partial charge in [0.2, 0.25) is 0 Å². The van der Waals surface area contributed by atoms with Gasteiger partial charge in [0.15, 0.2) is 5.82 Å². The Hall–Kier alpha value is -2.13. The average Bonchev–Trinajstić information content (AvgIpc) is 3.24. The Labute approximate surface area is 136 Å². The summed E-state index contributed by atoms with van der Waals surface area (Å²) in [5.41, 5.74) is 3.72. The molecular formula is C16H15BrN4O. The summed E-state index contributed by atoms with van der Waals surface area (Å²) in [7, 11) is 0. The van der Waals surface area contributed by atoms with Crippen molar-refractivity contribution in [3.05, 3.63) is 44.6 Å². The molecule has 0 saturated heterocycles. The van der Waals surface area contributed by atoms with Crippen molar-refractivity contribution in [3.8, 4) is 6.07 Å². The highest BCUT2D eigenvalue weighted by Gasteiger charge is 2.30. The molecule has 5 nitrogen and oxygen atoms in total. The lowest BCUT2D eigenvalue weighted by Crippen LogP contribution is -2.15. The van der Waals surface area contributed by atoms with E-state index >= 15 is 0 Å². The molecule has 1 saturated carbocycles. The Morgan fingerprint density at radius 1 is 1.41 bits per heavy atom. The van der Waals surface area contributed by atoms with Gasteiger partial charge in [-0.05, 0) is 49.9 Å². The van der Waals surface area contributed by atoms with Gasteiger partial charge in [-0.1, -0.05) is 15.9 Å². The summed E-state index contributed by atoms with van der Waals surface area (Å²) < 4.78 is 0.968. The van der Waals surface area contributed by atoms with E-state index < -0.39 is 0 Å². The lowest BCUT2D eigenvalue weighted by molar-refractivity contribution is 0.102. The monoisotopic (exact) mass is 358 g/mol. The van der Waals surface area contributed by atoms with Crippen LogP contribution >= 0.6 is 15.9 Å². The molecule has 1 aromatic carbocycles. The summed E-state index contributed by atoms with van der Waals surface area (Å²) in [6.07, 6.45) is 2.13. The number of rotatable bonds is 3. The van der Waals surface area contributed by atoms with Gasteiger partial charge in [0, 0.05) is 16.0 Å². The number of hydrogen-bond donors (Lipinski definition) is 2. The van der Waals surface area contributed by atoms with Crippen LogP contribution in [0.15, 0.2) is 16.6 Å². The van der Waals surface area contributed by atoms with Crippen LogP contribution in [-0.2, 0) is 0 Å². The van der Waals surface area contributed by atoms with E-state index in [0.29, 0.717) is 22.9 Å². The smallest absolute Gasteiger partial charge is 0.257 e. The zero-order valence-corrected chi connectivity index (χ0v) is 13.9. The number of aryl methyl sites for hydroxylation is 2. The van der Waals surface area contributed by atoms with Gasteiger partial charge in [0.25, 0.3) is 5.91 Å². The van der Waals surface area contributed by atoms with E-state index in [1.165, 1.54) is 0 Å². The number of nitrogens with zero attached hydrogens (tertiary/aromatic N) is 2. The normalized spacial score (nSPS) is 13.7. The largest absolute Gasteiger partial charge is 0.304 e. The Balaban J connectivity index is 1.89. The predicted molar refractivity (Wildman–Crippen MR) is 86.8 cm³/mol. The third-order valence-corrected chi connectivity index (χ3v) is 4.73. The molecule has 0 radical (unpaired) electrons. The van der Waals surface area contributed by atoms with Crippen LogP contribution in [0.5, 0.6) is 0 Å². The van der Waals surface area contributed by atoms with E-state index in [4.69, 9.17) is 0 Å². The first-order chi connectivity index (χ1) is 10.5. The van der Waals surface area contributed by atoms with E-state index in [-0.39, 0.29) is 5.91 Å². The highest BCUT2D eigenvalue weighted by molar-refractivity contribution is 9.10.